The number of thioether (sulfide) groups is 1. The summed E-state index contributed by atoms with van der Waals surface area (Å²) in [5.74, 6) is -0.479. The number of benzene rings is 4. The maximum Gasteiger partial charge on any atom is 0.351 e. The number of aliphatic hydroxyl groups excluding tert-OH is 1. The summed E-state index contributed by atoms with van der Waals surface area (Å²) in [5, 5.41) is 28.2. The summed E-state index contributed by atoms with van der Waals surface area (Å²) in [6, 6.07) is 11.0. The summed E-state index contributed by atoms with van der Waals surface area (Å²) < 4.78 is 47.8. The number of hydrogen-bond donors (Lipinski definition) is 3. The van der Waals surface area contributed by atoms with Gasteiger partial charge in [-0.2, -0.15) is 0 Å². The first-order valence-electron chi connectivity index (χ1n) is 22.0. The molecule has 18 heteroatoms. The number of aryl methyl sites for hydroxylation is 1. The van der Waals surface area contributed by atoms with Crippen LogP contribution in [0.2, 0.25) is 0 Å². The van der Waals surface area contributed by atoms with E-state index >= 15 is 4.79 Å². The molecule has 1 spiro atoms. The second kappa shape index (κ2) is 15.9. The average Bonchev–Trinajstić information content (AvgIpc) is 3.80. The lowest BCUT2D eigenvalue weighted by Crippen LogP contribution is -2.70. The van der Waals surface area contributed by atoms with Gasteiger partial charge in [0.25, 0.3) is 0 Å². The Kier molecular flexibility index (Phi) is 10.3. The number of phenols is 1. The van der Waals surface area contributed by atoms with Gasteiger partial charge in [0.2, 0.25) is 6.79 Å². The molecule has 3 N–H and O–H groups in total. The summed E-state index contributed by atoms with van der Waals surface area (Å²) in [4.78, 5) is 58.9. The van der Waals surface area contributed by atoms with Gasteiger partial charge in [-0.3, -0.25) is 19.9 Å². The second-order valence-corrected chi connectivity index (χ2v) is 18.9. The van der Waals surface area contributed by atoms with Crippen LogP contribution in [0.5, 0.6) is 40.2 Å². The summed E-state index contributed by atoms with van der Waals surface area (Å²) >= 11 is 1.41. The van der Waals surface area contributed by atoms with Gasteiger partial charge < -0.3 is 47.8 Å². The first-order valence-corrected chi connectivity index (χ1v) is 23.0. The molecule has 0 radical (unpaired) electrons. The smallest absolute Gasteiger partial charge is 0.351 e. The zero-order chi connectivity index (χ0) is 46.8. The number of methoxy groups -OCH3 is 2. The summed E-state index contributed by atoms with van der Waals surface area (Å²) in [7, 11) is 4.86. The molecular weight excluding hydrogens is 887 g/mol. The number of likely N-dealkylation sites (N-methyl/N-ethyl adjacent to an activating group) is 1. The lowest BCUT2D eigenvalue weighted by molar-refractivity contribution is -0.186. The third-order valence-corrected chi connectivity index (χ3v) is 15.8. The molecule has 7 aliphatic heterocycles. The van der Waals surface area contributed by atoms with Crippen LogP contribution < -0.4 is 39.4 Å². The number of esters is 3. The molecule has 4 aromatic carbocycles. The van der Waals surface area contributed by atoms with E-state index in [1.54, 1.807) is 43.3 Å². The van der Waals surface area contributed by atoms with Crippen LogP contribution in [0.3, 0.4) is 0 Å². The topological polar surface area (TPSA) is 205 Å². The average molecular weight is 934 g/mol. The number of phenolic OH excluding ortho intramolecular Hbond substituents is 1. The van der Waals surface area contributed by atoms with Crippen LogP contribution in [0.25, 0.3) is 11.0 Å². The first-order chi connectivity index (χ1) is 32.3. The summed E-state index contributed by atoms with van der Waals surface area (Å²) in [5.41, 5.74) is 2.87. The first kappa shape index (κ1) is 43.3. The number of carbonyl (C=O) groups excluding carboxylic acids is 3. The van der Waals surface area contributed by atoms with Gasteiger partial charge in [0, 0.05) is 52.9 Å². The van der Waals surface area contributed by atoms with Crippen LogP contribution in [0.15, 0.2) is 57.7 Å². The Labute approximate surface area is 387 Å². The van der Waals surface area contributed by atoms with Crippen molar-refractivity contribution in [3.05, 3.63) is 109 Å². The highest BCUT2D eigenvalue weighted by Crippen LogP contribution is 2.64. The van der Waals surface area contributed by atoms with Gasteiger partial charge in [-0.1, -0.05) is 24.3 Å². The molecule has 8 heterocycles. The zero-order valence-electron chi connectivity index (χ0n) is 37.4. The largest absolute Gasteiger partial charge is 0.504 e. The highest BCUT2D eigenvalue weighted by Gasteiger charge is 2.61. The van der Waals surface area contributed by atoms with Gasteiger partial charge >= 0.3 is 23.5 Å². The Morgan fingerprint density at radius 1 is 0.925 bits per heavy atom. The molecule has 2 fully saturated rings. The van der Waals surface area contributed by atoms with Crippen molar-refractivity contribution >= 4 is 40.6 Å². The number of para-hydroxylation sites is 1. The fraction of sp³-hybridized carbons (Fsp3) is 0.388. The molecule has 12 rings (SSSR count). The number of nitrogens with one attached hydrogen (secondary N) is 1. The Hall–Kier alpha value is -6.31. The maximum atomic E-state index is 15.1. The van der Waals surface area contributed by atoms with E-state index in [2.05, 4.69) is 10.2 Å². The highest BCUT2D eigenvalue weighted by molar-refractivity contribution is 7.99. The maximum absolute atomic E-state index is 15.1. The predicted octanol–water partition coefficient (Wildman–Crippen LogP) is 5.03. The molecule has 67 heavy (non-hydrogen) atoms. The Balaban J connectivity index is 1.07. The van der Waals surface area contributed by atoms with Crippen molar-refractivity contribution in [1.82, 2.24) is 15.1 Å². The number of fused-ring (bicyclic) bond motifs is 10. The fourth-order valence-electron chi connectivity index (χ4n) is 11.4. The molecule has 0 saturated carbocycles. The minimum atomic E-state index is -1.52. The van der Waals surface area contributed by atoms with Crippen LogP contribution in [0.1, 0.15) is 79.1 Å². The van der Waals surface area contributed by atoms with Gasteiger partial charge in [0.15, 0.2) is 40.0 Å². The molecule has 1 aromatic heterocycles. The molecule has 7 aliphatic rings. The number of carbonyl (C=O) groups is 3. The van der Waals surface area contributed by atoms with Crippen molar-refractivity contribution in [2.24, 2.45) is 0 Å². The number of aliphatic hydroxyl groups is 1. The highest BCUT2D eigenvalue weighted by atomic mass is 32.2. The van der Waals surface area contributed by atoms with Crippen LogP contribution in [-0.4, -0.2) is 103 Å². The van der Waals surface area contributed by atoms with E-state index in [1.165, 1.54) is 39.0 Å². The molecule has 2 saturated heterocycles. The van der Waals surface area contributed by atoms with Gasteiger partial charge in [-0.15, -0.1) is 11.8 Å². The number of rotatable bonds is 5. The van der Waals surface area contributed by atoms with Crippen LogP contribution in [0, 0.1) is 13.8 Å². The predicted molar refractivity (Wildman–Crippen MR) is 240 cm³/mol. The monoisotopic (exact) mass is 933 g/mol. The molecule has 17 nitrogen and oxygen atoms in total. The minimum Gasteiger partial charge on any atom is -0.504 e. The lowest BCUT2D eigenvalue weighted by Gasteiger charge is -2.62. The van der Waals surface area contributed by atoms with Crippen molar-refractivity contribution in [1.29, 1.82) is 0 Å². The van der Waals surface area contributed by atoms with Crippen molar-refractivity contribution < 1.29 is 62.2 Å². The van der Waals surface area contributed by atoms with Crippen LogP contribution in [0.4, 0.5) is 0 Å². The van der Waals surface area contributed by atoms with E-state index in [1.807, 2.05) is 24.9 Å². The number of ether oxygens (including phenoxy) is 7. The van der Waals surface area contributed by atoms with Crippen molar-refractivity contribution in [3.63, 3.8) is 0 Å². The van der Waals surface area contributed by atoms with Crippen molar-refractivity contribution in [3.8, 4) is 40.2 Å². The summed E-state index contributed by atoms with van der Waals surface area (Å²) in [6.07, 6.45) is -0.275. The van der Waals surface area contributed by atoms with Crippen LogP contribution >= 0.6 is 11.8 Å². The Morgan fingerprint density at radius 2 is 1.72 bits per heavy atom. The van der Waals surface area contributed by atoms with E-state index in [-0.39, 0.29) is 47.7 Å². The molecule has 5 aromatic rings. The SMILES string of the molecule is COc1cc2c(cc1OC(=O)c1cc3ccccc3oc1=O)CCN[C@]21CS[C@@H]2c3c(OC(C)=O)c(C)c4c(c3[C@@H](COC1=O)N1C2[C@H]2c3c(cc(C)c(OC)c3O)C[C@@H]([C@@H]1O)N2C)OCO4. The minimum absolute atomic E-state index is 0.000246. The number of hydrogen-bond acceptors (Lipinski definition) is 18. The quantitative estimate of drug-likeness (QED) is 0.120. The standard InChI is InChI=1S/C49H47N3O14S/c1-21-13-26-15-29-45(55)52-30-18-61-48(58)49(28-17-32(59-5)33(16-24(28)11-12-50-49)66-47(57)27-14-25-9-7-8-10-31(25)65-46(27)56)19-67-44(38(52)37(51(29)4)34(26)39(54)40(21)60-6)36-35(30)43-42(62-20-63-43)22(2)41(36)64-23(3)53/h7-10,13-14,16-17,29-30,37-38,44-45,50,54-55H,11-12,15,18-20H2,1-6H3/t29-,30+,37+,38?,44+,45-,49+/m0/s1. The molecule has 4 bridgehead atoms. The number of aromatic hydroxyl groups is 1. The molecule has 348 valence electrons. The molecule has 7 atom stereocenters. The van der Waals surface area contributed by atoms with E-state index in [4.69, 9.17) is 37.6 Å². The third kappa shape index (κ3) is 6.36. The lowest BCUT2D eigenvalue weighted by atomic mass is 9.73. The van der Waals surface area contributed by atoms with Gasteiger partial charge in [0.1, 0.15) is 29.7 Å². The molecule has 1 unspecified atom stereocenters. The number of piperazine rings is 1. The van der Waals surface area contributed by atoms with Gasteiger partial charge in [-0.05, 0) is 80.3 Å². The second-order valence-electron chi connectivity index (χ2n) is 17.8. The van der Waals surface area contributed by atoms with E-state index in [0.717, 1.165) is 11.1 Å². The van der Waals surface area contributed by atoms with Crippen molar-refractivity contribution in [2.45, 2.75) is 74.8 Å². The Bertz CT molecular complexity index is 3030. The number of nitrogens with zero attached hydrogens (tertiary/aromatic N) is 2. The van der Waals surface area contributed by atoms with E-state index in [0.29, 0.717) is 81.0 Å². The summed E-state index contributed by atoms with van der Waals surface area (Å²) in [6.45, 7) is 4.95. The van der Waals surface area contributed by atoms with Gasteiger partial charge in [0.05, 0.1) is 37.6 Å². The fourth-order valence-corrected chi connectivity index (χ4v) is 13.1. The molecular formula is C49H47N3O14S. The molecule has 0 amide bonds. The van der Waals surface area contributed by atoms with E-state index in [9.17, 15) is 24.6 Å². The molecule has 0 aliphatic carbocycles. The van der Waals surface area contributed by atoms with E-state index < -0.39 is 64.7 Å². The van der Waals surface area contributed by atoms with Crippen molar-refractivity contribution in [2.75, 3.05) is 47.0 Å². The van der Waals surface area contributed by atoms with Gasteiger partial charge in [-0.25, -0.2) is 14.4 Å². The zero-order valence-corrected chi connectivity index (χ0v) is 38.2. The Morgan fingerprint density at radius 3 is 2.49 bits per heavy atom. The third-order valence-electron chi connectivity index (χ3n) is 14.3. The van der Waals surface area contributed by atoms with Crippen LogP contribution in [-0.2, 0) is 32.7 Å². The normalized spacial score (nSPS) is 25.9.